The van der Waals surface area contributed by atoms with Crippen molar-refractivity contribution in [3.63, 3.8) is 0 Å². The minimum absolute atomic E-state index is 0.338. The monoisotopic (exact) mass is 359 g/mol. The number of benzene rings is 2. The van der Waals surface area contributed by atoms with E-state index in [9.17, 15) is 9.59 Å². The molecule has 0 atom stereocenters. The largest absolute Gasteiger partial charge is 0.497 e. The summed E-state index contributed by atoms with van der Waals surface area (Å²) in [6.07, 6.45) is 2.83. The molecule has 0 fully saturated rings. The number of carbonyl (C=O) groups excluding carboxylic acids is 2. The lowest BCUT2D eigenvalue weighted by molar-refractivity contribution is -0.143. The van der Waals surface area contributed by atoms with Gasteiger partial charge >= 0.3 is 5.97 Å². The first-order valence-electron chi connectivity index (χ1n) is 7.57. The van der Waals surface area contributed by atoms with Crippen LogP contribution in [-0.4, -0.2) is 25.6 Å². The van der Waals surface area contributed by atoms with Crippen LogP contribution in [0.2, 0.25) is 5.02 Å². The smallest absolute Gasteiger partial charge is 0.331 e. The van der Waals surface area contributed by atoms with Crippen LogP contribution in [-0.2, 0) is 20.9 Å². The zero-order valence-corrected chi connectivity index (χ0v) is 14.5. The Bertz CT molecular complexity index is 756. The van der Waals surface area contributed by atoms with Crippen molar-refractivity contribution in [3.05, 3.63) is 70.8 Å². The molecule has 1 N–H and O–H groups in total. The Morgan fingerprint density at radius 2 is 1.92 bits per heavy atom. The number of amides is 1. The van der Waals surface area contributed by atoms with Gasteiger partial charge in [0.1, 0.15) is 5.75 Å². The fourth-order valence-electron chi connectivity index (χ4n) is 1.95. The Balaban J connectivity index is 1.72. The molecule has 2 aromatic carbocycles. The first-order chi connectivity index (χ1) is 12.1. The normalized spacial score (nSPS) is 10.5. The van der Waals surface area contributed by atoms with Crippen LogP contribution in [0.25, 0.3) is 6.08 Å². The molecule has 0 heterocycles. The molecule has 0 saturated carbocycles. The number of hydrogen-bond donors (Lipinski definition) is 1. The second-order valence-electron chi connectivity index (χ2n) is 5.12. The van der Waals surface area contributed by atoms with Crippen molar-refractivity contribution in [1.29, 1.82) is 0 Å². The van der Waals surface area contributed by atoms with Crippen molar-refractivity contribution in [3.8, 4) is 5.75 Å². The number of ether oxygens (including phenoxy) is 2. The van der Waals surface area contributed by atoms with Gasteiger partial charge in [-0.2, -0.15) is 0 Å². The standard InChI is InChI=1S/C19H18ClNO4/c1-24-17-8-5-15(6-9-17)12-21-18(22)13-25-19(23)10-7-14-3-2-4-16(20)11-14/h2-11H,12-13H2,1H3,(H,21,22)/b10-7+. The first kappa shape index (κ1) is 18.5. The van der Waals surface area contributed by atoms with E-state index in [1.54, 1.807) is 37.5 Å². The molecule has 0 aliphatic heterocycles. The van der Waals surface area contributed by atoms with Gasteiger partial charge in [-0.1, -0.05) is 35.9 Å². The summed E-state index contributed by atoms with van der Waals surface area (Å²) in [7, 11) is 1.59. The van der Waals surface area contributed by atoms with Crippen molar-refractivity contribution in [2.24, 2.45) is 0 Å². The maximum absolute atomic E-state index is 11.7. The number of carbonyl (C=O) groups is 2. The molecule has 0 unspecified atom stereocenters. The van der Waals surface area contributed by atoms with E-state index in [0.29, 0.717) is 11.6 Å². The molecule has 1 amide bonds. The van der Waals surface area contributed by atoms with Crippen molar-refractivity contribution >= 4 is 29.6 Å². The third kappa shape index (κ3) is 6.69. The molecule has 2 rings (SSSR count). The van der Waals surface area contributed by atoms with E-state index in [4.69, 9.17) is 21.1 Å². The quantitative estimate of drug-likeness (QED) is 0.609. The van der Waals surface area contributed by atoms with Gasteiger partial charge in [0.15, 0.2) is 6.61 Å². The maximum atomic E-state index is 11.7. The highest BCUT2D eigenvalue weighted by atomic mass is 35.5. The molecular weight excluding hydrogens is 342 g/mol. The summed E-state index contributed by atoms with van der Waals surface area (Å²) in [6.45, 7) is 0.00755. The predicted octanol–water partition coefficient (Wildman–Crippen LogP) is 3.22. The molecule has 0 aliphatic carbocycles. The van der Waals surface area contributed by atoms with Gasteiger partial charge in [0.2, 0.25) is 0 Å². The van der Waals surface area contributed by atoms with Gasteiger partial charge < -0.3 is 14.8 Å². The van der Waals surface area contributed by atoms with Crippen molar-refractivity contribution in [2.75, 3.05) is 13.7 Å². The van der Waals surface area contributed by atoms with E-state index < -0.39 is 5.97 Å². The van der Waals surface area contributed by atoms with Crippen LogP contribution in [0, 0.1) is 0 Å². The van der Waals surface area contributed by atoms with Crippen LogP contribution in [0.15, 0.2) is 54.6 Å². The second-order valence-corrected chi connectivity index (χ2v) is 5.56. The number of methoxy groups -OCH3 is 1. The molecule has 0 aromatic heterocycles. The highest BCUT2D eigenvalue weighted by Crippen LogP contribution is 2.12. The van der Waals surface area contributed by atoms with Crippen molar-refractivity contribution in [1.82, 2.24) is 5.32 Å². The van der Waals surface area contributed by atoms with E-state index in [1.807, 2.05) is 24.3 Å². The van der Waals surface area contributed by atoms with E-state index in [0.717, 1.165) is 16.9 Å². The lowest BCUT2D eigenvalue weighted by atomic mass is 10.2. The summed E-state index contributed by atoms with van der Waals surface area (Å²) in [5, 5.41) is 3.25. The lowest BCUT2D eigenvalue weighted by Crippen LogP contribution is -2.28. The van der Waals surface area contributed by atoms with Gasteiger partial charge in [-0.3, -0.25) is 4.79 Å². The molecule has 0 aliphatic rings. The highest BCUT2D eigenvalue weighted by Gasteiger charge is 2.05. The van der Waals surface area contributed by atoms with Crippen LogP contribution in [0.5, 0.6) is 5.75 Å². The van der Waals surface area contributed by atoms with Crippen LogP contribution in [0.4, 0.5) is 0 Å². The van der Waals surface area contributed by atoms with E-state index in [1.165, 1.54) is 6.08 Å². The highest BCUT2D eigenvalue weighted by molar-refractivity contribution is 6.30. The second kappa shape index (κ2) is 9.49. The summed E-state index contributed by atoms with van der Waals surface area (Å²) in [5.74, 6) is -0.226. The summed E-state index contributed by atoms with van der Waals surface area (Å²) >= 11 is 5.86. The molecule has 0 radical (unpaired) electrons. The van der Waals surface area contributed by atoms with Gasteiger partial charge in [-0.05, 0) is 41.5 Å². The molecular formula is C19H18ClNO4. The summed E-state index contributed by atoms with van der Waals surface area (Å²) in [5.41, 5.74) is 1.69. The van der Waals surface area contributed by atoms with Gasteiger partial charge in [0.05, 0.1) is 7.11 Å². The zero-order chi connectivity index (χ0) is 18.1. The third-order valence-corrected chi connectivity index (χ3v) is 3.49. The predicted molar refractivity (Wildman–Crippen MR) is 96.3 cm³/mol. The number of esters is 1. The minimum Gasteiger partial charge on any atom is -0.497 e. The molecule has 130 valence electrons. The van der Waals surface area contributed by atoms with Gasteiger partial charge in [-0.15, -0.1) is 0 Å². The Morgan fingerprint density at radius 3 is 2.60 bits per heavy atom. The molecule has 6 heteroatoms. The Hall–Kier alpha value is -2.79. The first-order valence-corrected chi connectivity index (χ1v) is 7.94. The van der Waals surface area contributed by atoms with Gasteiger partial charge in [0.25, 0.3) is 5.91 Å². The maximum Gasteiger partial charge on any atom is 0.331 e. The SMILES string of the molecule is COc1ccc(CNC(=O)COC(=O)/C=C/c2cccc(Cl)c2)cc1. The topological polar surface area (TPSA) is 64.6 Å². The minimum atomic E-state index is -0.598. The Labute approximate surface area is 151 Å². The number of rotatable bonds is 7. The molecule has 5 nitrogen and oxygen atoms in total. The average Bonchev–Trinajstić information content (AvgIpc) is 2.63. The molecule has 0 saturated heterocycles. The van der Waals surface area contributed by atoms with E-state index in [-0.39, 0.29) is 12.5 Å². The molecule has 2 aromatic rings. The number of hydrogen-bond acceptors (Lipinski definition) is 4. The molecule has 0 spiro atoms. The van der Waals surface area contributed by atoms with Crippen molar-refractivity contribution in [2.45, 2.75) is 6.54 Å². The van der Waals surface area contributed by atoms with Crippen LogP contribution < -0.4 is 10.1 Å². The lowest BCUT2D eigenvalue weighted by Gasteiger charge is -2.06. The third-order valence-electron chi connectivity index (χ3n) is 3.25. The average molecular weight is 360 g/mol. The van der Waals surface area contributed by atoms with Crippen molar-refractivity contribution < 1.29 is 19.1 Å². The molecule has 25 heavy (non-hydrogen) atoms. The fraction of sp³-hybridized carbons (Fsp3) is 0.158. The van der Waals surface area contributed by atoms with Crippen LogP contribution in [0.1, 0.15) is 11.1 Å². The summed E-state index contributed by atoms with van der Waals surface area (Å²) in [6, 6.07) is 14.3. The number of nitrogens with one attached hydrogen (secondary N) is 1. The van der Waals surface area contributed by atoms with Crippen LogP contribution >= 0.6 is 11.6 Å². The van der Waals surface area contributed by atoms with Gasteiger partial charge in [-0.25, -0.2) is 4.79 Å². The van der Waals surface area contributed by atoms with E-state index in [2.05, 4.69) is 5.32 Å². The van der Waals surface area contributed by atoms with Gasteiger partial charge in [0, 0.05) is 17.6 Å². The fourth-order valence-corrected chi connectivity index (χ4v) is 2.15. The summed E-state index contributed by atoms with van der Waals surface area (Å²) in [4.78, 5) is 23.3. The molecule has 0 bridgehead atoms. The summed E-state index contributed by atoms with van der Waals surface area (Å²) < 4.78 is 9.95. The van der Waals surface area contributed by atoms with E-state index >= 15 is 0 Å². The van der Waals surface area contributed by atoms with Crippen LogP contribution in [0.3, 0.4) is 0 Å². The zero-order valence-electron chi connectivity index (χ0n) is 13.7. The Kier molecular flexibility index (Phi) is 7.04. The Morgan fingerprint density at radius 1 is 1.16 bits per heavy atom. The number of halogens is 1.